The van der Waals surface area contributed by atoms with Gasteiger partial charge in [0.2, 0.25) is 0 Å². The molecule has 14 heavy (non-hydrogen) atoms. The third-order valence-corrected chi connectivity index (χ3v) is 2.08. The highest BCUT2D eigenvalue weighted by atomic mass is 19.4. The summed E-state index contributed by atoms with van der Waals surface area (Å²) in [6.07, 6.45) is -1.84. The molecular formula is C8H8F3N3. The molecule has 1 fully saturated rings. The molecule has 1 saturated carbocycles. The molecule has 0 aliphatic heterocycles. The minimum Gasteiger partial charge on any atom is -0.383 e. The smallest absolute Gasteiger partial charge is 0.383 e. The molecule has 0 aromatic carbocycles. The average molecular weight is 203 g/mol. The molecule has 0 radical (unpaired) electrons. The molecule has 0 atom stereocenters. The summed E-state index contributed by atoms with van der Waals surface area (Å²) >= 11 is 0. The highest BCUT2D eigenvalue weighted by molar-refractivity contribution is 5.40. The van der Waals surface area contributed by atoms with Crippen molar-refractivity contribution in [1.82, 2.24) is 9.97 Å². The van der Waals surface area contributed by atoms with E-state index in [1.54, 1.807) is 0 Å². The zero-order chi connectivity index (χ0) is 10.3. The molecule has 2 N–H and O–H groups in total. The summed E-state index contributed by atoms with van der Waals surface area (Å²) in [4.78, 5) is 7.31. The number of alkyl halides is 3. The molecule has 1 aliphatic carbocycles. The van der Waals surface area contributed by atoms with Gasteiger partial charge in [-0.2, -0.15) is 13.2 Å². The van der Waals surface area contributed by atoms with E-state index in [1.807, 2.05) is 0 Å². The second kappa shape index (κ2) is 2.83. The van der Waals surface area contributed by atoms with E-state index < -0.39 is 17.6 Å². The lowest BCUT2D eigenvalue weighted by molar-refractivity contribution is -0.137. The Labute approximate surface area is 78.2 Å². The van der Waals surface area contributed by atoms with E-state index in [0.717, 1.165) is 19.0 Å². The molecule has 1 aromatic rings. The van der Waals surface area contributed by atoms with Gasteiger partial charge in [0.1, 0.15) is 17.2 Å². The van der Waals surface area contributed by atoms with Gasteiger partial charge >= 0.3 is 6.18 Å². The summed E-state index contributed by atoms with van der Waals surface area (Å²) in [5.41, 5.74) is 4.25. The molecule has 1 aliphatic rings. The van der Waals surface area contributed by atoms with Gasteiger partial charge in [0.25, 0.3) is 0 Å². The second-order valence-electron chi connectivity index (χ2n) is 3.30. The Balaban J connectivity index is 2.35. The zero-order valence-electron chi connectivity index (χ0n) is 7.17. The van der Waals surface area contributed by atoms with Crippen molar-refractivity contribution in [2.45, 2.75) is 24.9 Å². The minimum absolute atomic E-state index is 0.208. The molecule has 0 bridgehead atoms. The number of halogens is 3. The Morgan fingerprint density at radius 1 is 1.36 bits per heavy atom. The van der Waals surface area contributed by atoms with Gasteiger partial charge in [-0.1, -0.05) is 0 Å². The quantitative estimate of drug-likeness (QED) is 0.758. The van der Waals surface area contributed by atoms with Crippen LogP contribution in [0.5, 0.6) is 0 Å². The van der Waals surface area contributed by atoms with E-state index in [9.17, 15) is 13.2 Å². The topological polar surface area (TPSA) is 51.8 Å². The summed E-state index contributed by atoms with van der Waals surface area (Å²) < 4.78 is 36.7. The summed E-state index contributed by atoms with van der Waals surface area (Å²) in [6, 6.07) is 0. The maximum absolute atomic E-state index is 12.2. The molecule has 0 saturated heterocycles. The number of aromatic nitrogens is 2. The fourth-order valence-corrected chi connectivity index (χ4v) is 1.17. The third-order valence-electron chi connectivity index (χ3n) is 2.08. The van der Waals surface area contributed by atoms with Crippen LogP contribution in [0.4, 0.5) is 19.0 Å². The van der Waals surface area contributed by atoms with Crippen molar-refractivity contribution < 1.29 is 13.2 Å². The van der Waals surface area contributed by atoms with E-state index in [0.29, 0.717) is 5.82 Å². The second-order valence-corrected chi connectivity index (χ2v) is 3.30. The van der Waals surface area contributed by atoms with Crippen molar-refractivity contribution in [2.24, 2.45) is 0 Å². The number of nitrogens with zero attached hydrogens (tertiary/aromatic N) is 2. The molecule has 2 rings (SSSR count). The number of nitrogens with two attached hydrogens (primary N) is 1. The molecule has 0 spiro atoms. The van der Waals surface area contributed by atoms with Gasteiger partial charge in [0, 0.05) is 12.1 Å². The number of anilines is 1. The van der Waals surface area contributed by atoms with Crippen LogP contribution in [-0.2, 0) is 6.18 Å². The van der Waals surface area contributed by atoms with Crippen molar-refractivity contribution >= 4 is 5.82 Å². The Bertz CT molecular complexity index is 357. The molecule has 76 valence electrons. The lowest BCUT2D eigenvalue weighted by atomic mass is 10.3. The molecule has 0 unspecified atom stereocenters. The standard InChI is InChI=1S/C8H8F3N3/c9-8(10,11)5-3-13-7(4-1-2-4)14-6(5)12/h3-4H,1-2H2,(H2,12,13,14). The minimum atomic E-state index is -4.47. The molecule has 1 heterocycles. The van der Waals surface area contributed by atoms with Gasteiger partial charge in [-0.05, 0) is 12.8 Å². The normalized spacial score (nSPS) is 17.1. The molecule has 6 heteroatoms. The highest BCUT2D eigenvalue weighted by Gasteiger charge is 2.35. The van der Waals surface area contributed by atoms with Gasteiger partial charge in [-0.25, -0.2) is 9.97 Å². The first-order valence-electron chi connectivity index (χ1n) is 4.18. The third kappa shape index (κ3) is 1.64. The Hall–Kier alpha value is -1.33. The molecule has 3 nitrogen and oxygen atoms in total. The first kappa shape index (κ1) is 9.23. The summed E-state index contributed by atoms with van der Waals surface area (Å²) in [7, 11) is 0. The fourth-order valence-electron chi connectivity index (χ4n) is 1.17. The van der Waals surface area contributed by atoms with Crippen LogP contribution in [0, 0.1) is 0 Å². The number of nitrogen functional groups attached to an aromatic ring is 1. The SMILES string of the molecule is Nc1nc(C2CC2)ncc1C(F)(F)F. The van der Waals surface area contributed by atoms with Crippen LogP contribution in [0.15, 0.2) is 6.20 Å². The number of rotatable bonds is 1. The number of hydrogen-bond donors (Lipinski definition) is 1. The van der Waals surface area contributed by atoms with Crippen LogP contribution in [-0.4, -0.2) is 9.97 Å². The molecular weight excluding hydrogens is 195 g/mol. The maximum Gasteiger partial charge on any atom is 0.421 e. The lowest BCUT2D eigenvalue weighted by Crippen LogP contribution is -2.12. The van der Waals surface area contributed by atoms with Crippen molar-refractivity contribution in [3.05, 3.63) is 17.6 Å². The predicted molar refractivity (Wildman–Crippen MR) is 43.4 cm³/mol. The summed E-state index contributed by atoms with van der Waals surface area (Å²) in [5.74, 6) is 0.157. The Kier molecular flexibility index (Phi) is 1.87. The van der Waals surface area contributed by atoms with E-state index in [2.05, 4.69) is 9.97 Å². The van der Waals surface area contributed by atoms with Gasteiger partial charge in [-0.3, -0.25) is 0 Å². The van der Waals surface area contributed by atoms with Crippen LogP contribution in [0.1, 0.15) is 30.1 Å². The van der Waals surface area contributed by atoms with Crippen molar-refractivity contribution in [3.8, 4) is 0 Å². The van der Waals surface area contributed by atoms with Crippen molar-refractivity contribution in [1.29, 1.82) is 0 Å². The van der Waals surface area contributed by atoms with Crippen LogP contribution >= 0.6 is 0 Å². The van der Waals surface area contributed by atoms with E-state index >= 15 is 0 Å². The first-order chi connectivity index (χ1) is 6.48. The van der Waals surface area contributed by atoms with E-state index in [4.69, 9.17) is 5.73 Å². The lowest BCUT2D eigenvalue weighted by Gasteiger charge is -2.08. The van der Waals surface area contributed by atoms with Crippen molar-refractivity contribution in [2.75, 3.05) is 5.73 Å². The average Bonchev–Trinajstić information content (AvgIpc) is 2.83. The van der Waals surface area contributed by atoms with Crippen LogP contribution < -0.4 is 5.73 Å². The van der Waals surface area contributed by atoms with Gasteiger partial charge in [-0.15, -0.1) is 0 Å². The monoisotopic (exact) mass is 203 g/mol. The van der Waals surface area contributed by atoms with E-state index in [-0.39, 0.29) is 5.92 Å². The number of hydrogen-bond acceptors (Lipinski definition) is 3. The van der Waals surface area contributed by atoms with Gasteiger partial charge in [0.15, 0.2) is 0 Å². The predicted octanol–water partition coefficient (Wildman–Crippen LogP) is 1.96. The maximum atomic E-state index is 12.2. The summed E-state index contributed by atoms with van der Waals surface area (Å²) in [6.45, 7) is 0. The fraction of sp³-hybridized carbons (Fsp3) is 0.500. The van der Waals surface area contributed by atoms with Crippen LogP contribution in [0.3, 0.4) is 0 Å². The first-order valence-corrected chi connectivity index (χ1v) is 4.18. The van der Waals surface area contributed by atoms with Gasteiger partial charge < -0.3 is 5.73 Å². The van der Waals surface area contributed by atoms with Crippen LogP contribution in [0.25, 0.3) is 0 Å². The zero-order valence-corrected chi connectivity index (χ0v) is 7.17. The van der Waals surface area contributed by atoms with Crippen molar-refractivity contribution in [3.63, 3.8) is 0 Å². The molecule has 1 aromatic heterocycles. The molecule has 0 amide bonds. The van der Waals surface area contributed by atoms with Gasteiger partial charge in [0.05, 0.1) is 0 Å². The largest absolute Gasteiger partial charge is 0.421 e. The summed E-state index contributed by atoms with van der Waals surface area (Å²) in [5, 5.41) is 0. The van der Waals surface area contributed by atoms with E-state index in [1.165, 1.54) is 0 Å². The highest BCUT2D eigenvalue weighted by Crippen LogP contribution is 2.39. The Morgan fingerprint density at radius 3 is 2.43 bits per heavy atom. The Morgan fingerprint density at radius 2 is 2.00 bits per heavy atom. The van der Waals surface area contributed by atoms with Crippen LogP contribution in [0.2, 0.25) is 0 Å².